The van der Waals surface area contributed by atoms with Gasteiger partial charge in [-0.3, -0.25) is 10.1 Å². The Kier molecular flexibility index (Phi) is 3.87. The van der Waals surface area contributed by atoms with E-state index in [4.69, 9.17) is 0 Å². The summed E-state index contributed by atoms with van der Waals surface area (Å²) in [5.74, 6) is 0.973. The maximum absolute atomic E-state index is 12.7. The number of nitrogens with one attached hydrogen (secondary N) is 3. The van der Waals surface area contributed by atoms with E-state index in [9.17, 15) is 4.79 Å². The summed E-state index contributed by atoms with van der Waals surface area (Å²) in [6.45, 7) is 0. The summed E-state index contributed by atoms with van der Waals surface area (Å²) in [5.41, 5.74) is 3.54. The lowest BCUT2D eigenvalue weighted by Crippen LogP contribution is -2.12. The number of rotatable bonds is 4. The Balaban J connectivity index is 1.54. The molecule has 3 heterocycles. The Hall–Kier alpha value is -3.92. The van der Waals surface area contributed by atoms with E-state index < -0.39 is 0 Å². The van der Waals surface area contributed by atoms with Gasteiger partial charge in [-0.2, -0.15) is 0 Å². The second-order valence-corrected chi connectivity index (χ2v) is 6.80. The number of tetrazole rings is 1. The van der Waals surface area contributed by atoms with Gasteiger partial charge in [-0.15, -0.1) is 16.4 Å². The number of imidazole rings is 1. The molecule has 0 saturated heterocycles. The molecule has 0 fully saturated rings. The van der Waals surface area contributed by atoms with Crippen LogP contribution in [0.15, 0.2) is 54.0 Å². The molecule has 3 aromatic heterocycles. The monoisotopic (exact) mass is 388 g/mol. The van der Waals surface area contributed by atoms with Crippen LogP contribution in [0.2, 0.25) is 0 Å². The van der Waals surface area contributed by atoms with Crippen molar-refractivity contribution in [1.82, 2.24) is 35.6 Å². The molecule has 0 unspecified atom stereocenters. The lowest BCUT2D eigenvalue weighted by atomic mass is 10.1. The van der Waals surface area contributed by atoms with Gasteiger partial charge in [0.15, 0.2) is 11.0 Å². The second kappa shape index (κ2) is 6.67. The lowest BCUT2D eigenvalue weighted by molar-refractivity contribution is 0.102. The largest absolute Gasteiger partial charge is 0.338 e. The van der Waals surface area contributed by atoms with Crippen molar-refractivity contribution < 1.29 is 4.79 Å². The molecule has 1 amide bonds. The van der Waals surface area contributed by atoms with Crippen molar-refractivity contribution in [3.8, 4) is 22.8 Å². The Labute approximate surface area is 161 Å². The van der Waals surface area contributed by atoms with Crippen molar-refractivity contribution in [1.29, 1.82) is 0 Å². The van der Waals surface area contributed by atoms with E-state index in [1.165, 1.54) is 11.3 Å². The number of amides is 1. The number of aromatic amines is 2. The number of hydrogen-bond acceptors (Lipinski definition) is 7. The molecule has 0 bridgehead atoms. The van der Waals surface area contributed by atoms with Crippen LogP contribution in [0, 0.1) is 0 Å². The number of hydrogen-bond donors (Lipinski definition) is 3. The normalized spacial score (nSPS) is 11.0. The van der Waals surface area contributed by atoms with Crippen molar-refractivity contribution in [3.63, 3.8) is 0 Å². The fraction of sp³-hybridized carbons (Fsp3) is 0. The molecule has 0 spiro atoms. The minimum atomic E-state index is -0.250. The highest BCUT2D eigenvalue weighted by molar-refractivity contribution is 7.13. The van der Waals surface area contributed by atoms with Crippen LogP contribution in [0.4, 0.5) is 5.13 Å². The molecule has 10 heteroatoms. The predicted octanol–water partition coefficient (Wildman–Crippen LogP) is 3.12. The van der Waals surface area contributed by atoms with E-state index in [1.807, 2.05) is 36.4 Å². The SMILES string of the molecule is O=C(Nc1nccs1)c1cccc2[nH]c(-c3cccc(-c4nnn[nH]4)c3)nc12. The van der Waals surface area contributed by atoms with Gasteiger partial charge >= 0.3 is 0 Å². The predicted molar refractivity (Wildman–Crippen MR) is 105 cm³/mol. The first kappa shape index (κ1) is 16.3. The molecule has 3 N–H and O–H groups in total. The summed E-state index contributed by atoms with van der Waals surface area (Å²) in [7, 11) is 0. The third kappa shape index (κ3) is 2.91. The van der Waals surface area contributed by atoms with Gasteiger partial charge < -0.3 is 4.98 Å². The van der Waals surface area contributed by atoms with Crippen molar-refractivity contribution in [3.05, 3.63) is 59.6 Å². The highest BCUT2D eigenvalue weighted by Crippen LogP contribution is 2.26. The summed E-state index contributed by atoms with van der Waals surface area (Å²) < 4.78 is 0. The average molecular weight is 388 g/mol. The van der Waals surface area contributed by atoms with Crippen LogP contribution in [-0.4, -0.2) is 41.5 Å². The summed E-state index contributed by atoms with van der Waals surface area (Å²) >= 11 is 1.36. The number of benzene rings is 2. The fourth-order valence-corrected chi connectivity index (χ4v) is 3.42. The van der Waals surface area contributed by atoms with Gasteiger partial charge in [-0.1, -0.05) is 24.3 Å². The molecular formula is C18H12N8OS. The first-order valence-corrected chi connectivity index (χ1v) is 9.20. The Morgan fingerprint density at radius 3 is 2.71 bits per heavy atom. The molecule has 136 valence electrons. The molecule has 0 aliphatic rings. The maximum Gasteiger partial charge on any atom is 0.259 e. The zero-order chi connectivity index (χ0) is 18.9. The maximum atomic E-state index is 12.7. The minimum Gasteiger partial charge on any atom is -0.338 e. The highest BCUT2D eigenvalue weighted by atomic mass is 32.1. The molecule has 0 aliphatic carbocycles. The number of fused-ring (bicyclic) bond motifs is 1. The Morgan fingerprint density at radius 2 is 1.93 bits per heavy atom. The molecule has 0 atom stereocenters. The van der Waals surface area contributed by atoms with Crippen molar-refractivity contribution in [2.24, 2.45) is 0 Å². The summed E-state index contributed by atoms with van der Waals surface area (Å²) in [6, 6.07) is 13.1. The number of nitrogens with zero attached hydrogens (tertiary/aromatic N) is 5. The fourth-order valence-electron chi connectivity index (χ4n) is 2.90. The van der Waals surface area contributed by atoms with Crippen LogP contribution in [0.1, 0.15) is 10.4 Å². The number of carbonyl (C=O) groups is 1. The minimum absolute atomic E-state index is 0.250. The summed E-state index contributed by atoms with van der Waals surface area (Å²) in [6.07, 6.45) is 1.64. The number of thiazole rings is 1. The number of aromatic nitrogens is 7. The highest BCUT2D eigenvalue weighted by Gasteiger charge is 2.16. The Bertz CT molecular complexity index is 1260. The molecule has 28 heavy (non-hydrogen) atoms. The quantitative estimate of drug-likeness (QED) is 0.434. The molecule has 0 saturated carbocycles. The molecular weight excluding hydrogens is 376 g/mol. The first-order valence-electron chi connectivity index (χ1n) is 8.32. The van der Waals surface area contributed by atoms with Gasteiger partial charge in [0.05, 0.1) is 11.1 Å². The zero-order valence-electron chi connectivity index (χ0n) is 14.2. The van der Waals surface area contributed by atoms with E-state index in [0.717, 1.165) is 16.6 Å². The van der Waals surface area contributed by atoms with E-state index in [2.05, 4.69) is 40.9 Å². The molecule has 5 rings (SSSR count). The van der Waals surface area contributed by atoms with Crippen LogP contribution in [-0.2, 0) is 0 Å². The molecule has 0 aliphatic heterocycles. The summed E-state index contributed by atoms with van der Waals surface area (Å²) in [5, 5.41) is 19.0. The zero-order valence-corrected chi connectivity index (χ0v) is 15.1. The van der Waals surface area contributed by atoms with Gasteiger partial charge in [0, 0.05) is 22.7 Å². The van der Waals surface area contributed by atoms with Gasteiger partial charge in [0.2, 0.25) is 0 Å². The first-order chi connectivity index (χ1) is 13.8. The van der Waals surface area contributed by atoms with E-state index >= 15 is 0 Å². The van der Waals surface area contributed by atoms with Crippen LogP contribution >= 0.6 is 11.3 Å². The Morgan fingerprint density at radius 1 is 1.07 bits per heavy atom. The number of carbonyl (C=O) groups excluding carboxylic acids is 1. The lowest BCUT2D eigenvalue weighted by Gasteiger charge is -2.02. The second-order valence-electron chi connectivity index (χ2n) is 5.91. The smallest absolute Gasteiger partial charge is 0.259 e. The average Bonchev–Trinajstić information content (AvgIpc) is 3.48. The van der Waals surface area contributed by atoms with Crippen LogP contribution in [0.3, 0.4) is 0 Å². The third-order valence-electron chi connectivity index (χ3n) is 4.16. The van der Waals surface area contributed by atoms with E-state index in [0.29, 0.717) is 27.9 Å². The topological polar surface area (TPSA) is 125 Å². The van der Waals surface area contributed by atoms with Crippen LogP contribution in [0.5, 0.6) is 0 Å². The number of para-hydroxylation sites is 1. The van der Waals surface area contributed by atoms with Gasteiger partial charge in [0.1, 0.15) is 11.3 Å². The molecule has 0 radical (unpaired) electrons. The molecule has 5 aromatic rings. The van der Waals surface area contributed by atoms with Crippen LogP contribution in [0.25, 0.3) is 33.8 Å². The van der Waals surface area contributed by atoms with E-state index in [1.54, 1.807) is 17.6 Å². The van der Waals surface area contributed by atoms with Gasteiger partial charge in [-0.25, -0.2) is 15.1 Å². The van der Waals surface area contributed by atoms with Crippen molar-refractivity contribution in [2.45, 2.75) is 0 Å². The number of anilines is 1. The van der Waals surface area contributed by atoms with Crippen molar-refractivity contribution >= 4 is 33.4 Å². The van der Waals surface area contributed by atoms with Gasteiger partial charge in [0.25, 0.3) is 5.91 Å². The number of H-pyrrole nitrogens is 2. The van der Waals surface area contributed by atoms with Crippen LogP contribution < -0.4 is 5.32 Å². The van der Waals surface area contributed by atoms with Crippen molar-refractivity contribution in [2.75, 3.05) is 5.32 Å². The molecule has 9 nitrogen and oxygen atoms in total. The van der Waals surface area contributed by atoms with Gasteiger partial charge in [-0.05, 0) is 28.6 Å². The third-order valence-corrected chi connectivity index (χ3v) is 4.85. The van der Waals surface area contributed by atoms with E-state index in [-0.39, 0.29) is 5.91 Å². The summed E-state index contributed by atoms with van der Waals surface area (Å²) in [4.78, 5) is 24.7. The molecule has 2 aromatic carbocycles. The standard InChI is InChI=1S/C18H12N8OS/c27-17(22-18-19-7-8-28-18)12-5-2-6-13-14(12)21-15(20-13)10-3-1-4-11(9-10)16-23-25-26-24-16/h1-9H,(H,20,21)(H,19,22,27)(H,23,24,25,26).